The van der Waals surface area contributed by atoms with Crippen LogP contribution < -0.4 is 5.73 Å². The zero-order valence-corrected chi connectivity index (χ0v) is 13.3. The zero-order valence-electron chi connectivity index (χ0n) is 12.5. The van der Waals surface area contributed by atoms with E-state index >= 15 is 0 Å². The maximum Gasteiger partial charge on any atom is 0.470 e. The summed E-state index contributed by atoms with van der Waals surface area (Å²) in [6, 6.07) is -2.69. The van der Waals surface area contributed by atoms with E-state index in [-0.39, 0.29) is 39.1 Å². The SMILES string of the molecule is NC(=O)[C@@H]1CC[C@@H]2C[N+]1(N1CCOCC1=O)C(=O)N2OS(=O)(=O)O. The Hall–Kier alpha value is -1.80. The van der Waals surface area contributed by atoms with Crippen molar-refractivity contribution in [3.63, 3.8) is 0 Å². The average molecular weight is 365 g/mol. The number of quaternary nitrogens is 1. The standard InChI is InChI=1S/C11H16N4O8S/c12-10(17)8-2-1-7-5-15(8,13-3-4-22-6-9(13)16)11(18)14(7)23-24(19,20)21/h7-8H,1-6H2,(H2-,12,17,19,20,21)/p+1/t7-,8+,15?/m1/s1. The summed E-state index contributed by atoms with van der Waals surface area (Å²) in [7, 11) is -4.94. The molecule has 3 N–H and O–H groups in total. The van der Waals surface area contributed by atoms with Crippen LogP contribution in [0.1, 0.15) is 12.8 Å². The van der Waals surface area contributed by atoms with E-state index in [9.17, 15) is 22.8 Å². The van der Waals surface area contributed by atoms with Crippen molar-refractivity contribution in [3.05, 3.63) is 0 Å². The molecule has 3 heterocycles. The third kappa shape index (κ3) is 2.53. The van der Waals surface area contributed by atoms with Gasteiger partial charge in [0.25, 0.3) is 11.8 Å². The number of nitrogens with two attached hydrogens (primary N) is 1. The molecule has 3 rings (SSSR count). The zero-order chi connectivity index (χ0) is 17.7. The van der Waals surface area contributed by atoms with Gasteiger partial charge in [0.15, 0.2) is 6.04 Å². The largest absolute Gasteiger partial charge is 0.470 e. The molecule has 13 heteroatoms. The fourth-order valence-corrected chi connectivity index (χ4v) is 4.03. The lowest BCUT2D eigenvalue weighted by molar-refractivity contribution is -0.965. The Bertz CT molecular complexity index is 696. The monoisotopic (exact) mass is 365 g/mol. The molecule has 0 aliphatic carbocycles. The van der Waals surface area contributed by atoms with Crippen LogP contribution >= 0.6 is 0 Å². The predicted octanol–water partition coefficient (Wildman–Crippen LogP) is -2.24. The number of carbonyl (C=O) groups is 3. The number of urea groups is 1. The quantitative estimate of drug-likeness (QED) is 0.418. The second-order valence-corrected chi connectivity index (χ2v) is 6.84. The van der Waals surface area contributed by atoms with Crippen molar-refractivity contribution in [2.45, 2.75) is 24.9 Å². The van der Waals surface area contributed by atoms with Crippen LogP contribution in [0.25, 0.3) is 0 Å². The van der Waals surface area contributed by atoms with Crippen LogP contribution in [-0.4, -0.2) is 83.9 Å². The number of carbonyl (C=O) groups excluding carboxylic acids is 3. The first-order valence-electron chi connectivity index (χ1n) is 7.23. The van der Waals surface area contributed by atoms with Gasteiger partial charge in [-0.3, -0.25) is 14.1 Å². The maximum atomic E-state index is 12.9. The molecule has 0 saturated carbocycles. The van der Waals surface area contributed by atoms with Gasteiger partial charge in [-0.1, -0.05) is 0 Å². The van der Waals surface area contributed by atoms with Crippen LogP contribution in [0.3, 0.4) is 0 Å². The number of amides is 4. The number of hydrogen-bond acceptors (Lipinski definition) is 7. The van der Waals surface area contributed by atoms with Crippen LogP contribution in [0.15, 0.2) is 0 Å². The van der Waals surface area contributed by atoms with Crippen LogP contribution in [0.4, 0.5) is 4.79 Å². The molecule has 12 nitrogen and oxygen atoms in total. The van der Waals surface area contributed by atoms with E-state index in [1.165, 1.54) is 5.01 Å². The first-order chi connectivity index (χ1) is 11.2. The summed E-state index contributed by atoms with van der Waals surface area (Å²) in [5.41, 5.74) is 5.42. The second kappa shape index (κ2) is 5.63. The van der Waals surface area contributed by atoms with Crippen LogP contribution in [0.5, 0.6) is 0 Å². The molecule has 0 aromatic heterocycles. The average Bonchev–Trinajstić information content (AvgIpc) is 2.68. The molecule has 3 saturated heterocycles. The number of rotatable bonds is 4. The minimum atomic E-state index is -4.94. The summed E-state index contributed by atoms with van der Waals surface area (Å²) in [6.45, 7) is -0.120. The third-order valence-corrected chi connectivity index (χ3v) is 4.87. The van der Waals surface area contributed by atoms with Gasteiger partial charge < -0.3 is 10.5 Å². The molecule has 3 aliphatic rings. The van der Waals surface area contributed by atoms with Crippen LogP contribution in [-0.2, 0) is 29.0 Å². The van der Waals surface area contributed by atoms with Crippen molar-refractivity contribution in [1.29, 1.82) is 0 Å². The highest BCUT2D eigenvalue weighted by molar-refractivity contribution is 7.80. The van der Waals surface area contributed by atoms with E-state index in [2.05, 4.69) is 4.28 Å². The lowest BCUT2D eigenvalue weighted by atomic mass is 9.99. The summed E-state index contributed by atoms with van der Waals surface area (Å²) >= 11 is 0. The maximum absolute atomic E-state index is 12.9. The molecular weight excluding hydrogens is 348 g/mol. The molecule has 4 amide bonds. The van der Waals surface area contributed by atoms with Gasteiger partial charge in [-0.2, -0.15) is 13.4 Å². The summed E-state index contributed by atoms with van der Waals surface area (Å²) in [5.74, 6) is -1.30. The third-order valence-electron chi connectivity index (χ3n) is 4.52. The predicted molar refractivity (Wildman–Crippen MR) is 73.5 cm³/mol. The molecule has 0 aromatic rings. The first kappa shape index (κ1) is 17.0. The van der Waals surface area contributed by atoms with Gasteiger partial charge in [-0.15, -0.1) is 13.9 Å². The number of nitrogens with zero attached hydrogens (tertiary/aromatic N) is 3. The van der Waals surface area contributed by atoms with Gasteiger partial charge in [0.05, 0.1) is 13.2 Å². The van der Waals surface area contributed by atoms with Gasteiger partial charge >= 0.3 is 16.4 Å². The lowest BCUT2D eigenvalue weighted by Crippen LogP contribution is -2.73. The Labute approximate surface area is 137 Å². The smallest absolute Gasteiger partial charge is 0.369 e. The Morgan fingerprint density at radius 1 is 1.38 bits per heavy atom. The molecule has 3 aliphatic heterocycles. The van der Waals surface area contributed by atoms with Gasteiger partial charge in [-0.05, 0) is 6.42 Å². The molecule has 24 heavy (non-hydrogen) atoms. The summed E-state index contributed by atoms with van der Waals surface area (Å²) in [6.07, 6.45) is 0.412. The number of hydrogen-bond donors (Lipinski definition) is 2. The van der Waals surface area contributed by atoms with Crippen molar-refractivity contribution < 1.29 is 41.0 Å². The van der Waals surface area contributed by atoms with E-state index in [1.54, 1.807) is 0 Å². The minimum absolute atomic E-state index is 0.0424. The number of piperidine rings is 1. The van der Waals surface area contributed by atoms with Gasteiger partial charge in [0.1, 0.15) is 19.2 Å². The topological polar surface area (TPSA) is 157 Å². The van der Waals surface area contributed by atoms with Gasteiger partial charge in [-0.25, -0.2) is 4.79 Å². The molecule has 0 radical (unpaired) electrons. The van der Waals surface area contributed by atoms with E-state index in [1.807, 2.05) is 0 Å². The van der Waals surface area contributed by atoms with Crippen molar-refractivity contribution >= 4 is 28.2 Å². The number of ether oxygens (including phenoxy) is 1. The molecule has 3 fully saturated rings. The van der Waals surface area contributed by atoms with E-state index in [4.69, 9.17) is 15.0 Å². The Kier molecular flexibility index (Phi) is 4.00. The fourth-order valence-electron chi connectivity index (χ4n) is 3.64. The molecule has 0 spiro atoms. The Morgan fingerprint density at radius 2 is 2.08 bits per heavy atom. The molecule has 0 aromatic carbocycles. The molecule has 2 bridgehead atoms. The minimum Gasteiger partial charge on any atom is -0.369 e. The molecule has 134 valence electrons. The van der Waals surface area contributed by atoms with Crippen molar-refractivity contribution in [1.82, 2.24) is 10.1 Å². The van der Waals surface area contributed by atoms with Crippen molar-refractivity contribution in [3.8, 4) is 0 Å². The summed E-state index contributed by atoms with van der Waals surface area (Å²) in [5, 5.41) is 1.68. The molecular formula is C11H17N4O8S+. The molecule has 1 unspecified atom stereocenters. The fraction of sp³-hybridized carbons (Fsp3) is 0.727. The Morgan fingerprint density at radius 3 is 2.67 bits per heavy atom. The Balaban J connectivity index is 2.05. The number of primary amides is 1. The molecule has 3 atom stereocenters. The van der Waals surface area contributed by atoms with E-state index in [0.29, 0.717) is 5.06 Å². The second-order valence-electron chi connectivity index (χ2n) is 5.84. The highest BCUT2D eigenvalue weighted by atomic mass is 32.3. The van der Waals surface area contributed by atoms with Gasteiger partial charge in [0.2, 0.25) is 0 Å². The van der Waals surface area contributed by atoms with Gasteiger partial charge in [0, 0.05) is 6.42 Å². The first-order valence-corrected chi connectivity index (χ1v) is 8.60. The highest BCUT2D eigenvalue weighted by Gasteiger charge is 2.67. The van der Waals surface area contributed by atoms with Crippen LogP contribution in [0.2, 0.25) is 0 Å². The highest BCUT2D eigenvalue weighted by Crippen LogP contribution is 2.40. The van der Waals surface area contributed by atoms with Crippen molar-refractivity contribution in [2.75, 3.05) is 26.3 Å². The van der Waals surface area contributed by atoms with Crippen LogP contribution in [0, 0.1) is 0 Å². The summed E-state index contributed by atoms with van der Waals surface area (Å²) < 4.78 is 39.6. The lowest BCUT2D eigenvalue weighted by Gasteiger charge is -2.45. The number of hydroxylamine groups is 2. The normalized spacial score (nSPS) is 33.9. The summed E-state index contributed by atoms with van der Waals surface area (Å²) in [4.78, 5) is 37.0. The van der Waals surface area contributed by atoms with Crippen molar-refractivity contribution in [2.24, 2.45) is 5.73 Å². The van der Waals surface area contributed by atoms with E-state index < -0.39 is 44.9 Å². The number of fused-ring (bicyclic) bond motifs is 2. The van der Waals surface area contributed by atoms with E-state index in [0.717, 1.165) is 0 Å². The number of morpholine rings is 1.